The second kappa shape index (κ2) is 11.6. The normalized spacial score (nSPS) is 29.9. The highest BCUT2D eigenvalue weighted by Crippen LogP contribution is 2.41. The van der Waals surface area contributed by atoms with Crippen LogP contribution in [0.15, 0.2) is 0 Å². The number of aliphatic hydroxyl groups is 2. The Morgan fingerprint density at radius 2 is 0.958 bits per heavy atom. The topological polar surface area (TPSA) is 40.5 Å². The van der Waals surface area contributed by atoms with Crippen molar-refractivity contribution in [2.24, 2.45) is 23.7 Å². The molecule has 2 fully saturated rings. The molecule has 0 aromatic carbocycles. The molecule has 0 aromatic rings. The van der Waals surface area contributed by atoms with Crippen molar-refractivity contribution < 1.29 is 10.2 Å². The molecule has 2 rings (SSSR count). The lowest BCUT2D eigenvalue weighted by atomic mass is 9.69. The maximum absolute atomic E-state index is 8.79. The molecule has 2 heteroatoms. The van der Waals surface area contributed by atoms with E-state index in [0.717, 1.165) is 37.5 Å². The Kier molecular flexibility index (Phi) is 9.34. The zero-order chi connectivity index (χ0) is 17.0. The van der Waals surface area contributed by atoms with Gasteiger partial charge in [-0.3, -0.25) is 0 Å². The van der Waals surface area contributed by atoms with E-state index >= 15 is 0 Å². The molecule has 0 amide bonds. The van der Waals surface area contributed by atoms with Gasteiger partial charge in [0.25, 0.3) is 0 Å². The molecule has 134 valence electrons. The summed E-state index contributed by atoms with van der Waals surface area (Å²) in [5, 5.41) is 17.6. The van der Waals surface area contributed by atoms with Crippen LogP contribution < -0.4 is 0 Å². The van der Waals surface area contributed by atoms with Gasteiger partial charge in [0.15, 0.2) is 0 Å². The molecule has 24 heavy (non-hydrogen) atoms. The van der Waals surface area contributed by atoms with Gasteiger partial charge in [-0.2, -0.15) is 0 Å². The molecule has 2 saturated carbocycles. The van der Waals surface area contributed by atoms with E-state index in [2.05, 4.69) is 23.7 Å². The summed E-state index contributed by atoms with van der Waals surface area (Å²) >= 11 is 0. The minimum absolute atomic E-state index is 0.260. The van der Waals surface area contributed by atoms with Crippen LogP contribution in [0, 0.1) is 47.4 Å². The molecule has 0 radical (unpaired) electrons. The SMILES string of the molecule is OCCCC#CC1CCC(C2CCC(C#CCCCO)CC2)CC1. The van der Waals surface area contributed by atoms with Gasteiger partial charge in [-0.15, -0.1) is 11.8 Å². The lowest BCUT2D eigenvalue weighted by molar-refractivity contribution is 0.170. The first kappa shape index (κ1) is 19.4. The minimum Gasteiger partial charge on any atom is -0.396 e. The summed E-state index contributed by atoms with van der Waals surface area (Å²) in [5.74, 6) is 16.4. The number of rotatable bonds is 5. The average Bonchev–Trinajstić information content (AvgIpc) is 2.64. The first-order chi connectivity index (χ1) is 11.8. The number of aliphatic hydroxyl groups excluding tert-OH is 2. The summed E-state index contributed by atoms with van der Waals surface area (Å²) in [4.78, 5) is 0. The van der Waals surface area contributed by atoms with Crippen molar-refractivity contribution in [1.29, 1.82) is 0 Å². The Morgan fingerprint density at radius 3 is 1.29 bits per heavy atom. The van der Waals surface area contributed by atoms with Gasteiger partial charge in [-0.25, -0.2) is 0 Å². The Hall–Kier alpha value is -0.960. The molecule has 0 aromatic heterocycles. The van der Waals surface area contributed by atoms with E-state index in [1.54, 1.807) is 0 Å². The Bertz CT molecular complexity index is 402. The number of hydrogen-bond donors (Lipinski definition) is 2. The van der Waals surface area contributed by atoms with Crippen LogP contribution in [0.25, 0.3) is 0 Å². The molecule has 0 unspecified atom stereocenters. The monoisotopic (exact) mass is 330 g/mol. The van der Waals surface area contributed by atoms with Crippen LogP contribution in [0.5, 0.6) is 0 Å². The molecule has 2 N–H and O–H groups in total. The fourth-order valence-corrected chi connectivity index (χ4v) is 4.24. The molecule has 0 bridgehead atoms. The van der Waals surface area contributed by atoms with E-state index < -0.39 is 0 Å². The molecule has 0 saturated heterocycles. The highest BCUT2D eigenvalue weighted by Gasteiger charge is 2.29. The molecular weight excluding hydrogens is 296 g/mol. The van der Waals surface area contributed by atoms with E-state index in [0.29, 0.717) is 11.8 Å². The third-order valence-corrected chi connectivity index (χ3v) is 5.74. The maximum Gasteiger partial charge on any atom is 0.0440 e. The number of unbranched alkanes of at least 4 members (excludes halogenated alkanes) is 2. The molecule has 0 atom stereocenters. The third-order valence-electron chi connectivity index (χ3n) is 5.74. The van der Waals surface area contributed by atoms with Crippen LogP contribution in [-0.2, 0) is 0 Å². The van der Waals surface area contributed by atoms with Crippen LogP contribution >= 0.6 is 0 Å². The smallest absolute Gasteiger partial charge is 0.0440 e. The summed E-state index contributed by atoms with van der Waals surface area (Å²) in [6, 6.07) is 0. The summed E-state index contributed by atoms with van der Waals surface area (Å²) in [5.41, 5.74) is 0. The fourth-order valence-electron chi connectivity index (χ4n) is 4.24. The van der Waals surface area contributed by atoms with Crippen molar-refractivity contribution in [2.75, 3.05) is 13.2 Å². The summed E-state index contributed by atoms with van der Waals surface area (Å²) in [6.45, 7) is 0.520. The van der Waals surface area contributed by atoms with Crippen LogP contribution in [0.4, 0.5) is 0 Å². The van der Waals surface area contributed by atoms with Crippen molar-refractivity contribution >= 4 is 0 Å². The molecule has 0 aliphatic heterocycles. The zero-order valence-corrected chi connectivity index (χ0v) is 15.1. The maximum atomic E-state index is 8.79. The van der Waals surface area contributed by atoms with Gasteiger partial charge in [0.1, 0.15) is 0 Å². The van der Waals surface area contributed by atoms with E-state index in [9.17, 15) is 0 Å². The Labute approximate surface area is 148 Å². The molecule has 0 heterocycles. The van der Waals surface area contributed by atoms with Crippen molar-refractivity contribution in [2.45, 2.75) is 77.0 Å². The molecule has 2 aliphatic carbocycles. The van der Waals surface area contributed by atoms with Crippen molar-refractivity contribution in [3.63, 3.8) is 0 Å². The first-order valence-electron chi connectivity index (χ1n) is 10.0. The lowest BCUT2D eigenvalue weighted by Gasteiger charge is -2.36. The second-order valence-corrected chi connectivity index (χ2v) is 7.52. The Balaban J connectivity index is 1.64. The van der Waals surface area contributed by atoms with Gasteiger partial charge in [0.05, 0.1) is 0 Å². The number of hydrogen-bond acceptors (Lipinski definition) is 2. The minimum atomic E-state index is 0.260. The summed E-state index contributed by atoms with van der Waals surface area (Å²) in [7, 11) is 0. The largest absolute Gasteiger partial charge is 0.396 e. The molecular formula is C22H34O2. The van der Waals surface area contributed by atoms with Crippen molar-refractivity contribution in [3.8, 4) is 23.7 Å². The van der Waals surface area contributed by atoms with Gasteiger partial charge in [-0.05, 0) is 76.0 Å². The van der Waals surface area contributed by atoms with Crippen LogP contribution in [-0.4, -0.2) is 23.4 Å². The molecule has 2 aliphatic rings. The lowest BCUT2D eigenvalue weighted by Crippen LogP contribution is -2.25. The summed E-state index contributed by atoms with van der Waals surface area (Å²) in [6.07, 6.45) is 13.9. The second-order valence-electron chi connectivity index (χ2n) is 7.52. The highest BCUT2D eigenvalue weighted by atomic mass is 16.3. The fraction of sp³-hybridized carbons (Fsp3) is 0.818. The Morgan fingerprint density at radius 1 is 0.583 bits per heavy atom. The quantitative estimate of drug-likeness (QED) is 0.587. The molecule has 0 spiro atoms. The van der Waals surface area contributed by atoms with Crippen molar-refractivity contribution in [3.05, 3.63) is 0 Å². The van der Waals surface area contributed by atoms with E-state index in [-0.39, 0.29) is 13.2 Å². The third kappa shape index (κ3) is 6.88. The van der Waals surface area contributed by atoms with Crippen LogP contribution in [0.2, 0.25) is 0 Å². The van der Waals surface area contributed by atoms with Gasteiger partial charge in [-0.1, -0.05) is 11.8 Å². The van der Waals surface area contributed by atoms with Gasteiger partial charge in [0, 0.05) is 37.9 Å². The van der Waals surface area contributed by atoms with Crippen molar-refractivity contribution in [1.82, 2.24) is 0 Å². The average molecular weight is 331 g/mol. The van der Waals surface area contributed by atoms with Gasteiger partial charge in [0.2, 0.25) is 0 Å². The predicted octanol–water partition coefficient (Wildman–Crippen LogP) is 4.15. The first-order valence-corrected chi connectivity index (χ1v) is 10.0. The van der Waals surface area contributed by atoms with E-state index in [4.69, 9.17) is 10.2 Å². The van der Waals surface area contributed by atoms with Crippen LogP contribution in [0.3, 0.4) is 0 Å². The summed E-state index contributed by atoms with van der Waals surface area (Å²) < 4.78 is 0. The molecule has 2 nitrogen and oxygen atoms in total. The van der Waals surface area contributed by atoms with Crippen LogP contribution in [0.1, 0.15) is 77.0 Å². The van der Waals surface area contributed by atoms with E-state index in [1.165, 1.54) is 51.4 Å². The van der Waals surface area contributed by atoms with E-state index in [1.807, 2.05) is 0 Å². The predicted molar refractivity (Wildman–Crippen MR) is 99.1 cm³/mol. The van der Waals surface area contributed by atoms with Gasteiger partial charge >= 0.3 is 0 Å². The van der Waals surface area contributed by atoms with Gasteiger partial charge < -0.3 is 10.2 Å². The zero-order valence-electron chi connectivity index (χ0n) is 15.1. The standard InChI is InChI=1S/C22H34O2/c23-17-5-1-3-7-19-9-13-21(14-10-19)22-15-11-20(12-16-22)8-4-2-6-18-24/h19-24H,1-2,5-6,9-18H2. The highest BCUT2D eigenvalue weighted by molar-refractivity contribution is 5.06.